The highest BCUT2D eigenvalue weighted by molar-refractivity contribution is 5.76. The molecule has 1 unspecified atom stereocenters. The zero-order valence-electron chi connectivity index (χ0n) is 27.6. The van der Waals surface area contributed by atoms with Gasteiger partial charge in [0.05, 0.1) is 36.5 Å². The standard InChI is InChI=1S/C38H46N4O2/c1-9-11-19-42(20-12-10-2)32-17-15-29(35(23-32)43-8)13-14-30-21-28(4)31(22-27(30)3)16-18-34-33(24-39)36(44-37(34,5)6)38(7,25-40)26-41/h13-18,21-23,36H,9-12,19-20H2,1-8H3/b14-13+,18-16+. The van der Waals surface area contributed by atoms with E-state index in [2.05, 4.69) is 81.1 Å². The highest BCUT2D eigenvalue weighted by Gasteiger charge is 2.49. The van der Waals surface area contributed by atoms with Gasteiger partial charge in [0, 0.05) is 30.4 Å². The van der Waals surface area contributed by atoms with Gasteiger partial charge in [-0.05, 0) is 87.4 Å². The first-order valence-electron chi connectivity index (χ1n) is 15.5. The van der Waals surface area contributed by atoms with Crippen LogP contribution < -0.4 is 9.64 Å². The molecule has 0 radical (unpaired) electrons. The molecule has 1 aliphatic heterocycles. The molecular weight excluding hydrogens is 544 g/mol. The summed E-state index contributed by atoms with van der Waals surface area (Å²) in [6, 6.07) is 17.0. The van der Waals surface area contributed by atoms with Gasteiger partial charge < -0.3 is 14.4 Å². The van der Waals surface area contributed by atoms with Crippen molar-refractivity contribution in [2.45, 2.75) is 85.9 Å². The molecule has 0 saturated carbocycles. The Balaban J connectivity index is 1.90. The summed E-state index contributed by atoms with van der Waals surface area (Å²) in [6.45, 7) is 15.9. The minimum Gasteiger partial charge on any atom is -0.496 e. The summed E-state index contributed by atoms with van der Waals surface area (Å²) in [5, 5.41) is 29.2. The number of ether oxygens (including phenoxy) is 2. The Labute approximate surface area is 264 Å². The van der Waals surface area contributed by atoms with Crippen molar-refractivity contribution in [2.24, 2.45) is 5.41 Å². The third-order valence-electron chi connectivity index (χ3n) is 8.39. The van der Waals surface area contributed by atoms with E-state index < -0.39 is 17.1 Å². The molecule has 44 heavy (non-hydrogen) atoms. The number of hydrogen-bond acceptors (Lipinski definition) is 6. The Morgan fingerprint density at radius 2 is 1.43 bits per heavy atom. The lowest BCUT2D eigenvalue weighted by Crippen LogP contribution is -2.34. The van der Waals surface area contributed by atoms with Crippen LogP contribution in [0.25, 0.3) is 18.2 Å². The molecule has 0 N–H and O–H groups in total. The quantitative estimate of drug-likeness (QED) is 0.216. The van der Waals surface area contributed by atoms with E-state index in [1.165, 1.54) is 38.3 Å². The van der Waals surface area contributed by atoms with Crippen LogP contribution in [-0.2, 0) is 4.74 Å². The Kier molecular flexibility index (Phi) is 11.6. The summed E-state index contributed by atoms with van der Waals surface area (Å²) in [5.41, 5.74) is 5.29. The third kappa shape index (κ3) is 7.60. The number of aryl methyl sites for hydroxylation is 2. The van der Waals surface area contributed by atoms with Gasteiger partial charge in [0.2, 0.25) is 0 Å². The molecule has 0 aromatic heterocycles. The summed E-state index contributed by atoms with van der Waals surface area (Å²) in [4.78, 5) is 2.46. The van der Waals surface area contributed by atoms with Crippen LogP contribution in [0.1, 0.15) is 88.1 Å². The molecule has 0 bridgehead atoms. The molecule has 6 heteroatoms. The zero-order valence-corrected chi connectivity index (χ0v) is 27.6. The van der Waals surface area contributed by atoms with Crippen molar-refractivity contribution in [1.82, 2.24) is 0 Å². The molecule has 0 saturated heterocycles. The monoisotopic (exact) mass is 590 g/mol. The Bertz CT molecular complexity index is 1540. The summed E-state index contributed by atoms with van der Waals surface area (Å²) >= 11 is 0. The lowest BCUT2D eigenvalue weighted by atomic mass is 9.82. The van der Waals surface area contributed by atoms with Crippen molar-refractivity contribution in [3.63, 3.8) is 0 Å². The van der Waals surface area contributed by atoms with Crippen LogP contribution >= 0.6 is 0 Å². The smallest absolute Gasteiger partial charge is 0.171 e. The average molecular weight is 591 g/mol. The van der Waals surface area contributed by atoms with Gasteiger partial charge in [-0.25, -0.2) is 0 Å². The molecule has 6 nitrogen and oxygen atoms in total. The van der Waals surface area contributed by atoms with E-state index in [4.69, 9.17) is 9.47 Å². The zero-order chi connectivity index (χ0) is 32.5. The molecule has 1 heterocycles. The van der Waals surface area contributed by atoms with E-state index in [1.807, 2.05) is 38.1 Å². The predicted molar refractivity (Wildman–Crippen MR) is 180 cm³/mol. The predicted octanol–water partition coefficient (Wildman–Crippen LogP) is 8.95. The number of methoxy groups -OCH3 is 1. The van der Waals surface area contributed by atoms with Gasteiger partial charge in [-0.2, -0.15) is 15.8 Å². The molecule has 0 fully saturated rings. The summed E-state index contributed by atoms with van der Waals surface area (Å²) < 4.78 is 11.9. The molecule has 1 aliphatic rings. The van der Waals surface area contributed by atoms with Crippen molar-refractivity contribution in [2.75, 3.05) is 25.1 Å². The van der Waals surface area contributed by atoms with Gasteiger partial charge in [0.15, 0.2) is 5.41 Å². The van der Waals surface area contributed by atoms with Crippen molar-refractivity contribution in [3.8, 4) is 24.0 Å². The van der Waals surface area contributed by atoms with Crippen LogP contribution in [0.4, 0.5) is 5.69 Å². The SMILES string of the molecule is CCCCN(CCCC)c1ccc(/C=C/c2cc(C)c(/C=C/C3=C(C#N)C(C(C)(C#N)C#N)OC3(C)C)cc2C)c(OC)c1. The maximum Gasteiger partial charge on any atom is 0.171 e. The van der Waals surface area contributed by atoms with Crippen LogP contribution in [0.15, 0.2) is 47.6 Å². The van der Waals surface area contributed by atoms with E-state index in [-0.39, 0.29) is 0 Å². The van der Waals surface area contributed by atoms with E-state index in [0.29, 0.717) is 11.1 Å². The van der Waals surface area contributed by atoms with Gasteiger partial charge in [-0.15, -0.1) is 0 Å². The van der Waals surface area contributed by atoms with Crippen LogP contribution in [0.3, 0.4) is 0 Å². The summed E-state index contributed by atoms with van der Waals surface area (Å²) in [6.07, 6.45) is 11.9. The lowest BCUT2D eigenvalue weighted by Gasteiger charge is -2.26. The third-order valence-corrected chi connectivity index (χ3v) is 8.39. The van der Waals surface area contributed by atoms with Gasteiger partial charge in [0.25, 0.3) is 0 Å². The first-order valence-corrected chi connectivity index (χ1v) is 15.5. The molecule has 2 aromatic rings. The first-order chi connectivity index (χ1) is 21.0. The molecule has 1 atom stereocenters. The Hall–Kier alpha value is -4.31. The molecule has 3 rings (SSSR count). The summed E-state index contributed by atoms with van der Waals surface area (Å²) in [7, 11) is 1.72. The number of benzene rings is 2. The lowest BCUT2D eigenvalue weighted by molar-refractivity contribution is -0.0317. The van der Waals surface area contributed by atoms with Gasteiger partial charge in [-0.3, -0.25) is 0 Å². The van der Waals surface area contributed by atoms with Crippen LogP contribution in [0.2, 0.25) is 0 Å². The van der Waals surface area contributed by atoms with E-state index >= 15 is 0 Å². The highest BCUT2D eigenvalue weighted by atomic mass is 16.5. The fourth-order valence-corrected chi connectivity index (χ4v) is 5.52. The molecule has 0 aliphatic carbocycles. The minimum atomic E-state index is -1.45. The number of unbranched alkanes of at least 4 members (excludes halogenated alkanes) is 2. The summed E-state index contributed by atoms with van der Waals surface area (Å²) in [5.74, 6) is 0.857. The van der Waals surface area contributed by atoms with Gasteiger partial charge >= 0.3 is 0 Å². The molecule has 0 amide bonds. The van der Waals surface area contributed by atoms with Crippen LogP contribution in [0.5, 0.6) is 5.75 Å². The topological polar surface area (TPSA) is 93.1 Å². The molecule has 0 spiro atoms. The number of rotatable bonds is 13. The first kappa shape index (κ1) is 34.2. The fraction of sp³-hybridized carbons (Fsp3) is 0.447. The second kappa shape index (κ2) is 14.9. The van der Waals surface area contributed by atoms with Gasteiger partial charge in [-0.1, -0.05) is 63.1 Å². The number of hydrogen-bond donors (Lipinski definition) is 0. The van der Waals surface area contributed by atoms with Crippen molar-refractivity contribution in [1.29, 1.82) is 15.8 Å². The van der Waals surface area contributed by atoms with Gasteiger partial charge in [0.1, 0.15) is 11.9 Å². The normalized spacial score (nSPS) is 16.2. The molecule has 2 aromatic carbocycles. The number of anilines is 1. The van der Waals surface area contributed by atoms with Crippen LogP contribution in [0, 0.1) is 53.3 Å². The molecule has 230 valence electrons. The minimum absolute atomic E-state index is 0.324. The van der Waals surface area contributed by atoms with Crippen LogP contribution in [-0.4, -0.2) is 31.9 Å². The second-order valence-electron chi connectivity index (χ2n) is 12.2. The average Bonchev–Trinajstić information content (AvgIpc) is 3.29. The fourth-order valence-electron chi connectivity index (χ4n) is 5.52. The van der Waals surface area contributed by atoms with E-state index in [0.717, 1.165) is 46.7 Å². The second-order valence-corrected chi connectivity index (χ2v) is 12.2. The van der Waals surface area contributed by atoms with Crippen molar-refractivity contribution in [3.05, 3.63) is 75.4 Å². The number of nitriles is 3. The van der Waals surface area contributed by atoms with E-state index in [1.54, 1.807) is 7.11 Å². The highest BCUT2D eigenvalue weighted by Crippen LogP contribution is 2.43. The van der Waals surface area contributed by atoms with Crippen molar-refractivity contribution >= 4 is 23.9 Å². The number of nitrogens with zero attached hydrogens (tertiary/aromatic N) is 4. The Morgan fingerprint density at radius 1 is 0.886 bits per heavy atom. The largest absolute Gasteiger partial charge is 0.496 e. The maximum absolute atomic E-state index is 9.97. The maximum atomic E-state index is 9.97. The molecular formula is C38H46N4O2. The Morgan fingerprint density at radius 3 is 1.93 bits per heavy atom. The van der Waals surface area contributed by atoms with E-state index in [9.17, 15) is 15.8 Å². The van der Waals surface area contributed by atoms with Crippen molar-refractivity contribution < 1.29 is 9.47 Å².